The molecule has 2 aromatic rings. The van der Waals surface area contributed by atoms with Gasteiger partial charge >= 0.3 is 17.8 Å². The summed E-state index contributed by atoms with van der Waals surface area (Å²) in [5.74, 6) is -1.90. The van der Waals surface area contributed by atoms with E-state index in [0.717, 1.165) is 5.69 Å². The fraction of sp³-hybridized carbons (Fsp3) is 0.318. The standard InChI is InChI=1S/C22H25N3O4/c1-3-29-22(28)18-9-4-5-10-19(18)23-20(26)21(27)25-13-11-24(12-14-25)17-8-6-7-16(2)15-17/h4-10,15H,3,11-14H2,1-2H3,(H,23,26). The summed E-state index contributed by atoms with van der Waals surface area (Å²) in [6, 6.07) is 14.7. The van der Waals surface area contributed by atoms with Crippen LogP contribution < -0.4 is 10.2 Å². The smallest absolute Gasteiger partial charge is 0.340 e. The number of amides is 2. The number of anilines is 2. The first-order valence-corrected chi connectivity index (χ1v) is 9.67. The highest BCUT2D eigenvalue weighted by atomic mass is 16.5. The lowest BCUT2D eigenvalue weighted by Crippen LogP contribution is -2.51. The Morgan fingerprint density at radius 3 is 2.41 bits per heavy atom. The third-order valence-electron chi connectivity index (χ3n) is 4.80. The summed E-state index contributed by atoms with van der Waals surface area (Å²) in [5.41, 5.74) is 2.79. The molecular formula is C22H25N3O4. The molecule has 152 valence electrons. The van der Waals surface area contributed by atoms with Gasteiger partial charge in [-0.3, -0.25) is 9.59 Å². The topological polar surface area (TPSA) is 78.9 Å². The molecule has 1 aliphatic heterocycles. The van der Waals surface area contributed by atoms with Crippen LogP contribution in [0.3, 0.4) is 0 Å². The molecule has 7 heteroatoms. The van der Waals surface area contributed by atoms with Crippen molar-refractivity contribution in [3.63, 3.8) is 0 Å². The summed E-state index contributed by atoms with van der Waals surface area (Å²) in [7, 11) is 0. The van der Waals surface area contributed by atoms with Crippen LogP contribution in [0.25, 0.3) is 0 Å². The van der Waals surface area contributed by atoms with Crippen molar-refractivity contribution in [3.05, 3.63) is 59.7 Å². The Labute approximate surface area is 170 Å². The molecule has 0 bridgehead atoms. The first-order chi connectivity index (χ1) is 14.0. The minimum Gasteiger partial charge on any atom is -0.462 e. The fourth-order valence-electron chi connectivity index (χ4n) is 3.29. The van der Waals surface area contributed by atoms with Gasteiger partial charge in [-0.15, -0.1) is 0 Å². The highest BCUT2D eigenvalue weighted by Gasteiger charge is 2.27. The number of carbonyl (C=O) groups is 3. The summed E-state index contributed by atoms with van der Waals surface area (Å²) in [4.78, 5) is 40.8. The van der Waals surface area contributed by atoms with Crippen LogP contribution in [0.2, 0.25) is 0 Å². The van der Waals surface area contributed by atoms with E-state index < -0.39 is 17.8 Å². The lowest BCUT2D eigenvalue weighted by atomic mass is 10.1. The number of carbonyl (C=O) groups excluding carboxylic acids is 3. The van der Waals surface area contributed by atoms with Gasteiger partial charge in [0.25, 0.3) is 0 Å². The molecule has 0 saturated carbocycles. The van der Waals surface area contributed by atoms with Gasteiger partial charge in [0.05, 0.1) is 17.9 Å². The third-order valence-corrected chi connectivity index (χ3v) is 4.80. The van der Waals surface area contributed by atoms with Crippen LogP contribution in [0.4, 0.5) is 11.4 Å². The third kappa shape index (κ3) is 4.93. The van der Waals surface area contributed by atoms with Gasteiger partial charge in [-0.2, -0.15) is 0 Å². The molecule has 1 aliphatic rings. The number of nitrogens with one attached hydrogen (secondary N) is 1. The van der Waals surface area contributed by atoms with Gasteiger partial charge in [0.15, 0.2) is 0 Å². The highest BCUT2D eigenvalue weighted by Crippen LogP contribution is 2.19. The van der Waals surface area contributed by atoms with E-state index in [4.69, 9.17) is 4.74 Å². The molecule has 1 fully saturated rings. The predicted molar refractivity (Wildman–Crippen MR) is 111 cm³/mol. The molecule has 1 N–H and O–H groups in total. The monoisotopic (exact) mass is 395 g/mol. The maximum Gasteiger partial charge on any atom is 0.340 e. The van der Waals surface area contributed by atoms with E-state index in [-0.39, 0.29) is 17.9 Å². The van der Waals surface area contributed by atoms with Crippen LogP contribution in [0, 0.1) is 6.92 Å². The Hall–Kier alpha value is -3.35. The number of benzene rings is 2. The molecule has 29 heavy (non-hydrogen) atoms. The molecular weight excluding hydrogens is 370 g/mol. The Morgan fingerprint density at radius 1 is 1.00 bits per heavy atom. The predicted octanol–water partition coefficient (Wildman–Crippen LogP) is 2.46. The molecule has 2 amide bonds. The number of hydrogen-bond donors (Lipinski definition) is 1. The Kier molecular flexibility index (Phi) is 6.49. The van der Waals surface area contributed by atoms with Gasteiger partial charge in [-0.25, -0.2) is 4.79 Å². The first-order valence-electron chi connectivity index (χ1n) is 9.67. The van der Waals surface area contributed by atoms with Crippen molar-refractivity contribution in [1.29, 1.82) is 0 Å². The molecule has 0 spiro atoms. The van der Waals surface area contributed by atoms with Gasteiger partial charge in [0.1, 0.15) is 0 Å². The van der Waals surface area contributed by atoms with E-state index in [1.807, 2.05) is 25.1 Å². The van der Waals surface area contributed by atoms with Crippen molar-refractivity contribution >= 4 is 29.2 Å². The first kappa shape index (κ1) is 20.4. The Bertz CT molecular complexity index is 904. The number of aryl methyl sites for hydroxylation is 1. The molecule has 2 aromatic carbocycles. The molecule has 1 saturated heterocycles. The molecule has 7 nitrogen and oxygen atoms in total. The minimum atomic E-state index is -0.759. The van der Waals surface area contributed by atoms with Crippen LogP contribution in [-0.2, 0) is 14.3 Å². The van der Waals surface area contributed by atoms with Crippen LogP contribution in [0.5, 0.6) is 0 Å². The van der Waals surface area contributed by atoms with E-state index in [2.05, 4.69) is 16.3 Å². The van der Waals surface area contributed by atoms with Crippen LogP contribution in [0.15, 0.2) is 48.5 Å². The summed E-state index contributed by atoms with van der Waals surface area (Å²) >= 11 is 0. The number of nitrogens with zero attached hydrogens (tertiary/aromatic N) is 2. The van der Waals surface area contributed by atoms with Gasteiger partial charge in [0.2, 0.25) is 0 Å². The van der Waals surface area contributed by atoms with E-state index in [1.165, 1.54) is 10.5 Å². The number of rotatable bonds is 4. The summed E-state index contributed by atoms with van der Waals surface area (Å²) in [5, 5.41) is 2.55. The van der Waals surface area contributed by atoms with Crippen molar-refractivity contribution in [2.45, 2.75) is 13.8 Å². The lowest BCUT2D eigenvalue weighted by molar-refractivity contribution is -0.143. The quantitative estimate of drug-likeness (QED) is 0.636. The van der Waals surface area contributed by atoms with Crippen molar-refractivity contribution in [1.82, 2.24) is 4.90 Å². The zero-order chi connectivity index (χ0) is 20.8. The van der Waals surface area contributed by atoms with Crippen LogP contribution >= 0.6 is 0 Å². The van der Waals surface area contributed by atoms with Gasteiger partial charge in [-0.1, -0.05) is 24.3 Å². The van der Waals surface area contributed by atoms with E-state index in [9.17, 15) is 14.4 Å². The van der Waals surface area contributed by atoms with E-state index in [1.54, 1.807) is 31.2 Å². The maximum atomic E-state index is 12.6. The van der Waals surface area contributed by atoms with Crippen molar-refractivity contribution in [2.75, 3.05) is 43.0 Å². The molecule has 0 unspecified atom stereocenters. The fourth-order valence-corrected chi connectivity index (χ4v) is 3.29. The number of piperazine rings is 1. The van der Waals surface area contributed by atoms with Gasteiger partial charge in [0, 0.05) is 31.9 Å². The molecule has 0 aromatic heterocycles. The van der Waals surface area contributed by atoms with Crippen molar-refractivity contribution < 1.29 is 19.1 Å². The van der Waals surface area contributed by atoms with Crippen LogP contribution in [0.1, 0.15) is 22.8 Å². The average Bonchev–Trinajstić information content (AvgIpc) is 2.74. The maximum absolute atomic E-state index is 12.6. The molecule has 1 heterocycles. The summed E-state index contributed by atoms with van der Waals surface area (Å²) < 4.78 is 5.00. The van der Waals surface area contributed by atoms with E-state index >= 15 is 0 Å². The SMILES string of the molecule is CCOC(=O)c1ccccc1NC(=O)C(=O)N1CCN(c2cccc(C)c2)CC1. The second-order valence-electron chi connectivity index (χ2n) is 6.84. The Balaban J connectivity index is 1.61. The van der Waals surface area contributed by atoms with Crippen molar-refractivity contribution in [2.24, 2.45) is 0 Å². The largest absolute Gasteiger partial charge is 0.462 e. The van der Waals surface area contributed by atoms with E-state index in [0.29, 0.717) is 26.2 Å². The van der Waals surface area contributed by atoms with Gasteiger partial charge < -0.3 is 19.9 Å². The molecule has 0 aliphatic carbocycles. The molecule has 0 atom stereocenters. The Morgan fingerprint density at radius 2 is 1.72 bits per heavy atom. The zero-order valence-electron chi connectivity index (χ0n) is 16.7. The highest BCUT2D eigenvalue weighted by molar-refractivity contribution is 6.39. The number of ether oxygens (including phenoxy) is 1. The number of hydrogen-bond acceptors (Lipinski definition) is 5. The second-order valence-corrected chi connectivity index (χ2v) is 6.84. The summed E-state index contributed by atoms with van der Waals surface area (Å²) in [6.45, 7) is 6.20. The second kappa shape index (κ2) is 9.23. The van der Waals surface area contributed by atoms with Crippen molar-refractivity contribution in [3.8, 4) is 0 Å². The van der Waals surface area contributed by atoms with Gasteiger partial charge in [-0.05, 0) is 43.7 Å². The average molecular weight is 395 g/mol. The minimum absolute atomic E-state index is 0.222. The molecule has 3 rings (SSSR count). The lowest BCUT2D eigenvalue weighted by Gasteiger charge is -2.35. The molecule has 0 radical (unpaired) electrons. The van der Waals surface area contributed by atoms with Crippen LogP contribution in [-0.4, -0.2) is 55.5 Å². The summed E-state index contributed by atoms with van der Waals surface area (Å²) in [6.07, 6.45) is 0. The normalized spacial score (nSPS) is 13.7. The number of esters is 1. The zero-order valence-corrected chi connectivity index (χ0v) is 16.7. The number of para-hydroxylation sites is 1.